The van der Waals surface area contributed by atoms with E-state index in [9.17, 15) is 18.4 Å². The van der Waals surface area contributed by atoms with Crippen LogP contribution in [0.25, 0.3) is 0 Å². The molecule has 1 fully saturated rings. The van der Waals surface area contributed by atoms with Gasteiger partial charge in [0.15, 0.2) is 0 Å². The van der Waals surface area contributed by atoms with Crippen LogP contribution in [0.4, 0.5) is 14.5 Å². The van der Waals surface area contributed by atoms with Crippen molar-refractivity contribution in [3.05, 3.63) is 101 Å². The lowest BCUT2D eigenvalue weighted by molar-refractivity contribution is -0.119. The summed E-state index contributed by atoms with van der Waals surface area (Å²) in [6.07, 6.45) is 0. The molecule has 0 bridgehead atoms. The fraction of sp³-hybridized carbons (Fsp3) is 0.167. The number of anilines is 1. The smallest absolute Gasteiger partial charge is 0.256 e. The van der Waals surface area contributed by atoms with Gasteiger partial charge in [-0.25, -0.2) is 8.78 Å². The summed E-state index contributed by atoms with van der Waals surface area (Å²) < 4.78 is 27.5. The fourth-order valence-electron chi connectivity index (χ4n) is 3.57. The number of carbonyl (C=O) groups is 2. The van der Waals surface area contributed by atoms with Gasteiger partial charge < -0.3 is 10.2 Å². The van der Waals surface area contributed by atoms with Gasteiger partial charge in [-0.1, -0.05) is 42.5 Å². The van der Waals surface area contributed by atoms with Crippen LogP contribution in [0, 0.1) is 18.6 Å². The molecule has 0 saturated carbocycles. The Morgan fingerprint density at radius 2 is 1.65 bits per heavy atom. The van der Waals surface area contributed by atoms with Gasteiger partial charge in [0.1, 0.15) is 23.1 Å². The largest absolute Gasteiger partial charge is 0.322 e. The zero-order valence-electron chi connectivity index (χ0n) is 16.7. The zero-order chi connectivity index (χ0) is 22.0. The van der Waals surface area contributed by atoms with Crippen molar-refractivity contribution in [3.8, 4) is 0 Å². The average Bonchev–Trinajstić information content (AvgIpc) is 3.21. The van der Waals surface area contributed by atoms with E-state index in [0.29, 0.717) is 11.3 Å². The quantitative estimate of drug-likeness (QED) is 0.612. The first-order chi connectivity index (χ1) is 15.0. The number of para-hydroxylation sites is 1. The van der Waals surface area contributed by atoms with E-state index in [1.54, 1.807) is 30.3 Å². The number of nitrogens with zero attached hydrogens (tertiary/aromatic N) is 1. The summed E-state index contributed by atoms with van der Waals surface area (Å²) in [6, 6.07) is 18.1. The molecule has 1 heterocycles. The van der Waals surface area contributed by atoms with Crippen molar-refractivity contribution in [3.63, 3.8) is 0 Å². The molecule has 0 aromatic heterocycles. The summed E-state index contributed by atoms with van der Waals surface area (Å²) in [4.78, 5) is 28.1. The van der Waals surface area contributed by atoms with E-state index < -0.39 is 23.1 Å². The van der Waals surface area contributed by atoms with Crippen LogP contribution >= 0.6 is 11.8 Å². The van der Waals surface area contributed by atoms with Crippen molar-refractivity contribution < 1.29 is 18.4 Å². The molecule has 2 atom stereocenters. The van der Waals surface area contributed by atoms with Gasteiger partial charge in [0.05, 0.1) is 5.69 Å². The first kappa shape index (κ1) is 21.1. The molecule has 2 amide bonds. The Morgan fingerprint density at radius 1 is 0.968 bits per heavy atom. The number of hydrogen-bond donors (Lipinski definition) is 1. The van der Waals surface area contributed by atoms with Crippen LogP contribution in [0.3, 0.4) is 0 Å². The van der Waals surface area contributed by atoms with Crippen LogP contribution in [-0.2, 0) is 4.79 Å². The number of nitrogens with one attached hydrogen (secondary N) is 1. The number of carbonyl (C=O) groups excluding carboxylic acids is 2. The molecule has 3 aromatic carbocycles. The maximum Gasteiger partial charge on any atom is 0.256 e. The van der Waals surface area contributed by atoms with Gasteiger partial charge in [-0.3, -0.25) is 9.59 Å². The highest BCUT2D eigenvalue weighted by molar-refractivity contribution is 7.99. The fourth-order valence-corrected chi connectivity index (χ4v) is 5.00. The molecule has 4 rings (SSSR count). The number of halogens is 2. The molecule has 1 aliphatic rings. The second-order valence-corrected chi connectivity index (χ2v) is 8.36. The van der Waals surface area contributed by atoms with E-state index in [1.807, 2.05) is 19.1 Å². The van der Waals surface area contributed by atoms with Gasteiger partial charge in [0.25, 0.3) is 5.91 Å². The van der Waals surface area contributed by atoms with E-state index in [0.717, 1.165) is 11.1 Å². The molecule has 0 radical (unpaired) electrons. The van der Waals surface area contributed by atoms with E-state index in [4.69, 9.17) is 0 Å². The predicted molar refractivity (Wildman–Crippen MR) is 118 cm³/mol. The molecule has 158 valence electrons. The van der Waals surface area contributed by atoms with Crippen molar-refractivity contribution >= 4 is 29.3 Å². The number of aryl methyl sites for hydroxylation is 1. The molecule has 3 aromatic rings. The number of hydrogen-bond acceptors (Lipinski definition) is 3. The summed E-state index contributed by atoms with van der Waals surface area (Å²) >= 11 is 1.42. The lowest BCUT2D eigenvalue weighted by atomic mass is 10.1. The lowest BCUT2D eigenvalue weighted by Crippen LogP contribution is -2.45. The number of amides is 2. The first-order valence-electron chi connectivity index (χ1n) is 9.76. The summed E-state index contributed by atoms with van der Waals surface area (Å²) in [7, 11) is 0. The van der Waals surface area contributed by atoms with Gasteiger partial charge in [0.2, 0.25) is 5.91 Å². The van der Waals surface area contributed by atoms with E-state index in [-0.39, 0.29) is 17.4 Å². The minimum atomic E-state index is -0.813. The highest BCUT2D eigenvalue weighted by Crippen LogP contribution is 2.42. The Balaban J connectivity index is 1.69. The lowest BCUT2D eigenvalue weighted by Gasteiger charge is -2.29. The van der Waals surface area contributed by atoms with Crippen molar-refractivity contribution in [2.75, 3.05) is 11.1 Å². The molecule has 1 aliphatic heterocycles. The number of benzene rings is 3. The third-order valence-electron chi connectivity index (χ3n) is 5.20. The Labute approximate surface area is 183 Å². The first-order valence-corrected chi connectivity index (χ1v) is 10.8. The second kappa shape index (κ2) is 8.89. The van der Waals surface area contributed by atoms with Crippen LogP contribution in [0.2, 0.25) is 0 Å². The minimum Gasteiger partial charge on any atom is -0.322 e. The van der Waals surface area contributed by atoms with Crippen molar-refractivity contribution in [1.29, 1.82) is 0 Å². The van der Waals surface area contributed by atoms with Crippen molar-refractivity contribution in [1.82, 2.24) is 4.90 Å². The summed E-state index contributed by atoms with van der Waals surface area (Å²) in [5.74, 6) is -1.36. The molecule has 7 heteroatoms. The van der Waals surface area contributed by atoms with Crippen LogP contribution < -0.4 is 5.32 Å². The molecule has 0 aliphatic carbocycles. The highest BCUT2D eigenvalue weighted by atomic mass is 32.2. The maximum atomic E-state index is 14.1. The molecular formula is C24H20F2N2O2S. The normalized spacial score (nSPS) is 18.1. The Hall–Kier alpha value is -3.19. The second-order valence-electron chi connectivity index (χ2n) is 7.25. The number of thioether (sulfide) groups is 1. The average molecular weight is 438 g/mol. The van der Waals surface area contributed by atoms with Crippen LogP contribution in [0.5, 0.6) is 0 Å². The maximum absolute atomic E-state index is 14.1. The molecule has 2 unspecified atom stereocenters. The molecule has 4 nitrogen and oxygen atoms in total. The standard InChI is InChI=1S/C24H20F2N2O2S/c1-15-6-2-3-7-18(15)23(30)28-21(22(29)27-20-9-5-4-8-19(20)26)14-31-24(28)16-10-12-17(25)13-11-16/h2-13,21,24H,14H2,1H3,(H,27,29). The molecule has 0 spiro atoms. The predicted octanol–water partition coefficient (Wildman–Crippen LogP) is 5.17. The SMILES string of the molecule is Cc1ccccc1C(=O)N1C(C(=O)Nc2ccccc2F)CSC1c1ccc(F)cc1. The number of rotatable bonds is 4. The van der Waals surface area contributed by atoms with Gasteiger partial charge >= 0.3 is 0 Å². The van der Waals surface area contributed by atoms with E-state index >= 15 is 0 Å². The van der Waals surface area contributed by atoms with Crippen LogP contribution in [0.1, 0.15) is 26.9 Å². The van der Waals surface area contributed by atoms with Gasteiger partial charge in [0, 0.05) is 11.3 Å². The third kappa shape index (κ3) is 4.32. The Bertz CT molecular complexity index is 1120. The van der Waals surface area contributed by atoms with Crippen molar-refractivity contribution in [2.45, 2.75) is 18.3 Å². The molecule has 1 N–H and O–H groups in total. The van der Waals surface area contributed by atoms with Gasteiger partial charge in [-0.2, -0.15) is 0 Å². The minimum absolute atomic E-state index is 0.0611. The van der Waals surface area contributed by atoms with Crippen LogP contribution in [0.15, 0.2) is 72.8 Å². The summed E-state index contributed by atoms with van der Waals surface area (Å²) in [6.45, 7) is 1.83. The molecular weight excluding hydrogens is 418 g/mol. The van der Waals surface area contributed by atoms with Gasteiger partial charge in [-0.15, -0.1) is 11.8 Å². The zero-order valence-corrected chi connectivity index (χ0v) is 17.5. The highest BCUT2D eigenvalue weighted by Gasteiger charge is 2.43. The van der Waals surface area contributed by atoms with Crippen molar-refractivity contribution in [2.24, 2.45) is 0 Å². The van der Waals surface area contributed by atoms with Gasteiger partial charge in [-0.05, 0) is 48.4 Å². The summed E-state index contributed by atoms with van der Waals surface area (Å²) in [5, 5.41) is 2.13. The Kier molecular flexibility index (Phi) is 6.04. The summed E-state index contributed by atoms with van der Waals surface area (Å²) in [5.41, 5.74) is 2.05. The van der Waals surface area contributed by atoms with E-state index in [1.165, 1.54) is 47.0 Å². The molecule has 31 heavy (non-hydrogen) atoms. The Morgan fingerprint density at radius 3 is 2.35 bits per heavy atom. The molecule has 1 saturated heterocycles. The topological polar surface area (TPSA) is 49.4 Å². The third-order valence-corrected chi connectivity index (χ3v) is 6.52. The monoisotopic (exact) mass is 438 g/mol. The van der Waals surface area contributed by atoms with E-state index in [2.05, 4.69) is 5.32 Å². The van der Waals surface area contributed by atoms with Crippen LogP contribution in [-0.4, -0.2) is 28.5 Å².